The molecule has 0 aromatic heterocycles. The summed E-state index contributed by atoms with van der Waals surface area (Å²) in [4.78, 5) is 15.3. The molecule has 152 valence electrons. The zero-order valence-electron chi connectivity index (χ0n) is 15.7. The van der Waals surface area contributed by atoms with Crippen LogP contribution in [0.1, 0.15) is 17.2 Å². The van der Waals surface area contributed by atoms with Crippen molar-refractivity contribution in [2.75, 3.05) is 45.9 Å². The van der Waals surface area contributed by atoms with Gasteiger partial charge < -0.3 is 9.84 Å². The molecule has 0 saturated carbocycles. The van der Waals surface area contributed by atoms with E-state index in [-0.39, 0.29) is 25.1 Å². The van der Waals surface area contributed by atoms with E-state index in [2.05, 4.69) is 46.2 Å². The summed E-state index contributed by atoms with van der Waals surface area (Å²) in [7, 11) is 0. The molecule has 2 aromatic carbocycles. The Hall–Kier alpha value is -1.63. The molecule has 0 amide bonds. The largest absolute Gasteiger partial charge is 0.480 e. The fourth-order valence-corrected chi connectivity index (χ4v) is 3.62. The van der Waals surface area contributed by atoms with Crippen molar-refractivity contribution < 1.29 is 14.6 Å². The van der Waals surface area contributed by atoms with Gasteiger partial charge in [0.1, 0.15) is 6.61 Å². The Labute approximate surface area is 177 Å². The Bertz CT molecular complexity index is 720. The van der Waals surface area contributed by atoms with Crippen LogP contribution in [0.4, 0.5) is 0 Å². The number of halogens is 2. The Balaban J connectivity index is 0.00000280. The van der Waals surface area contributed by atoms with Crippen molar-refractivity contribution >= 4 is 30.0 Å². The normalized spacial score (nSPS) is 16.3. The Morgan fingerprint density at radius 1 is 1.00 bits per heavy atom. The summed E-state index contributed by atoms with van der Waals surface area (Å²) in [5, 5.41) is 9.37. The summed E-state index contributed by atoms with van der Waals surface area (Å²) >= 11 is 6.08. The lowest BCUT2D eigenvalue weighted by atomic mass is 9.96. The second-order valence-corrected chi connectivity index (χ2v) is 7.13. The Morgan fingerprint density at radius 3 is 2.21 bits per heavy atom. The van der Waals surface area contributed by atoms with E-state index < -0.39 is 5.97 Å². The number of hydrogen-bond donors (Lipinski definition) is 1. The first kappa shape index (κ1) is 22.7. The summed E-state index contributed by atoms with van der Waals surface area (Å²) in [6, 6.07) is 18.8. The molecule has 0 spiro atoms. The molecule has 0 bridgehead atoms. The summed E-state index contributed by atoms with van der Waals surface area (Å²) < 4.78 is 5.15. The molecule has 5 nitrogen and oxygen atoms in total. The lowest BCUT2D eigenvalue weighted by Gasteiger charge is -2.39. The van der Waals surface area contributed by atoms with E-state index in [0.717, 1.165) is 37.7 Å². The van der Waals surface area contributed by atoms with E-state index in [9.17, 15) is 4.79 Å². The number of carboxylic acid groups (broad SMARTS) is 1. The molecular formula is C21H26Cl2N2O3. The standard InChI is InChI=1S/C21H25ClN2O3.ClH/c22-19-8-6-18(7-9-19)21(17-4-2-1-3-5-17)24-12-10-23(11-13-24)14-15-27-16-20(25)26;/h1-9,21H,10-16H2,(H,25,26);1H. The fraction of sp³-hybridized carbons (Fsp3) is 0.381. The molecule has 1 heterocycles. The molecular weight excluding hydrogens is 399 g/mol. The van der Waals surface area contributed by atoms with Gasteiger partial charge in [-0.25, -0.2) is 4.79 Å². The van der Waals surface area contributed by atoms with E-state index >= 15 is 0 Å². The van der Waals surface area contributed by atoms with Crippen molar-refractivity contribution in [1.29, 1.82) is 0 Å². The van der Waals surface area contributed by atoms with Crippen LogP contribution in [0.15, 0.2) is 54.6 Å². The van der Waals surface area contributed by atoms with Crippen LogP contribution in [0, 0.1) is 0 Å². The van der Waals surface area contributed by atoms with Gasteiger partial charge in [-0.1, -0.05) is 54.1 Å². The van der Waals surface area contributed by atoms with Crippen molar-refractivity contribution in [2.24, 2.45) is 0 Å². The molecule has 0 aliphatic carbocycles. The molecule has 1 saturated heterocycles. The number of aliphatic carboxylic acids is 1. The third-order valence-corrected chi connectivity index (χ3v) is 5.10. The van der Waals surface area contributed by atoms with Crippen molar-refractivity contribution in [3.8, 4) is 0 Å². The highest BCUT2D eigenvalue weighted by Gasteiger charge is 2.26. The van der Waals surface area contributed by atoms with Crippen LogP contribution in [-0.2, 0) is 9.53 Å². The molecule has 1 unspecified atom stereocenters. The van der Waals surface area contributed by atoms with Crippen LogP contribution in [0.25, 0.3) is 0 Å². The molecule has 0 radical (unpaired) electrons. The van der Waals surface area contributed by atoms with Crippen molar-refractivity contribution in [1.82, 2.24) is 9.80 Å². The molecule has 1 fully saturated rings. The van der Waals surface area contributed by atoms with Gasteiger partial charge in [-0.05, 0) is 23.3 Å². The second kappa shape index (κ2) is 11.4. The molecule has 2 aromatic rings. The predicted octanol–water partition coefficient (Wildman–Crippen LogP) is 3.57. The summed E-state index contributed by atoms with van der Waals surface area (Å²) in [6.45, 7) is 4.75. The minimum absolute atomic E-state index is 0. The zero-order valence-corrected chi connectivity index (χ0v) is 17.2. The van der Waals surface area contributed by atoms with E-state index in [1.807, 2.05) is 18.2 Å². The van der Waals surface area contributed by atoms with Crippen LogP contribution >= 0.6 is 24.0 Å². The summed E-state index contributed by atoms with van der Waals surface area (Å²) in [6.07, 6.45) is 0. The quantitative estimate of drug-likeness (QED) is 0.656. The maximum absolute atomic E-state index is 10.5. The highest BCUT2D eigenvalue weighted by molar-refractivity contribution is 6.30. The third kappa shape index (κ3) is 6.47. The molecule has 1 N–H and O–H groups in total. The Kier molecular flexibility index (Phi) is 9.22. The van der Waals surface area contributed by atoms with Gasteiger partial charge in [-0.3, -0.25) is 9.80 Å². The Morgan fingerprint density at radius 2 is 1.61 bits per heavy atom. The number of ether oxygens (including phenoxy) is 1. The van der Waals surface area contributed by atoms with Crippen molar-refractivity contribution in [3.05, 3.63) is 70.7 Å². The topological polar surface area (TPSA) is 53.0 Å². The molecule has 1 aliphatic heterocycles. The van der Waals surface area contributed by atoms with Crippen LogP contribution in [0.3, 0.4) is 0 Å². The van der Waals surface area contributed by atoms with E-state index in [0.29, 0.717) is 6.61 Å². The van der Waals surface area contributed by atoms with Gasteiger partial charge >= 0.3 is 5.97 Å². The first-order valence-corrected chi connectivity index (χ1v) is 9.57. The summed E-state index contributed by atoms with van der Waals surface area (Å²) in [5.41, 5.74) is 2.52. The molecule has 28 heavy (non-hydrogen) atoms. The molecule has 3 rings (SSSR count). The van der Waals surface area contributed by atoms with Crippen LogP contribution < -0.4 is 0 Å². The van der Waals surface area contributed by atoms with Crippen LogP contribution in [0.5, 0.6) is 0 Å². The minimum Gasteiger partial charge on any atom is -0.480 e. The smallest absolute Gasteiger partial charge is 0.329 e. The van der Waals surface area contributed by atoms with Crippen LogP contribution in [-0.4, -0.2) is 66.8 Å². The first-order valence-electron chi connectivity index (χ1n) is 9.20. The lowest BCUT2D eigenvalue weighted by molar-refractivity contribution is -0.142. The van der Waals surface area contributed by atoms with Gasteiger partial charge in [-0.15, -0.1) is 12.4 Å². The SMILES string of the molecule is Cl.O=C(O)COCCN1CCN(C(c2ccccc2)c2ccc(Cl)cc2)CC1. The number of carbonyl (C=O) groups is 1. The average molecular weight is 425 g/mol. The highest BCUT2D eigenvalue weighted by atomic mass is 35.5. The van der Waals surface area contributed by atoms with Gasteiger partial charge in [-0.2, -0.15) is 0 Å². The van der Waals surface area contributed by atoms with Crippen LogP contribution in [0.2, 0.25) is 5.02 Å². The number of hydrogen-bond acceptors (Lipinski definition) is 4. The lowest BCUT2D eigenvalue weighted by Crippen LogP contribution is -2.48. The minimum atomic E-state index is -0.923. The molecule has 1 aliphatic rings. The van der Waals surface area contributed by atoms with Gasteiger partial charge in [0, 0.05) is 37.7 Å². The van der Waals surface area contributed by atoms with Gasteiger partial charge in [0.15, 0.2) is 0 Å². The highest BCUT2D eigenvalue weighted by Crippen LogP contribution is 2.30. The number of rotatable bonds is 8. The first-order chi connectivity index (χ1) is 13.1. The maximum Gasteiger partial charge on any atom is 0.329 e. The number of piperazine rings is 1. The summed E-state index contributed by atoms with van der Waals surface area (Å²) in [5.74, 6) is -0.923. The second-order valence-electron chi connectivity index (χ2n) is 6.69. The zero-order chi connectivity index (χ0) is 19.1. The number of carboxylic acids is 1. The number of benzene rings is 2. The average Bonchev–Trinajstić information content (AvgIpc) is 2.69. The van der Waals surface area contributed by atoms with E-state index in [1.54, 1.807) is 0 Å². The van der Waals surface area contributed by atoms with Gasteiger partial charge in [0.25, 0.3) is 0 Å². The van der Waals surface area contributed by atoms with Crippen molar-refractivity contribution in [2.45, 2.75) is 6.04 Å². The third-order valence-electron chi connectivity index (χ3n) is 4.85. The van der Waals surface area contributed by atoms with Gasteiger partial charge in [0.05, 0.1) is 12.6 Å². The fourth-order valence-electron chi connectivity index (χ4n) is 3.49. The van der Waals surface area contributed by atoms with Gasteiger partial charge in [0.2, 0.25) is 0 Å². The van der Waals surface area contributed by atoms with E-state index in [1.165, 1.54) is 11.1 Å². The molecule has 1 atom stereocenters. The monoisotopic (exact) mass is 424 g/mol. The molecule has 7 heteroatoms. The van der Waals surface area contributed by atoms with E-state index in [4.69, 9.17) is 21.4 Å². The predicted molar refractivity (Wildman–Crippen MR) is 113 cm³/mol. The maximum atomic E-state index is 10.5. The number of nitrogens with zero attached hydrogens (tertiary/aromatic N) is 2. The van der Waals surface area contributed by atoms with Crippen molar-refractivity contribution in [3.63, 3.8) is 0 Å².